The Kier molecular flexibility index (Phi) is 2.53. The van der Waals surface area contributed by atoms with E-state index in [9.17, 15) is 9.59 Å². The minimum absolute atomic E-state index is 0.0967. The van der Waals surface area contributed by atoms with Gasteiger partial charge in [0.2, 0.25) is 0 Å². The van der Waals surface area contributed by atoms with Gasteiger partial charge >= 0.3 is 12.1 Å². The van der Waals surface area contributed by atoms with E-state index in [1.165, 1.54) is 11.0 Å². The van der Waals surface area contributed by atoms with E-state index < -0.39 is 17.6 Å². The van der Waals surface area contributed by atoms with Crippen molar-refractivity contribution in [1.82, 2.24) is 0 Å². The number of carbonyl (C=O) groups is 2. The number of hydrogen-bond donors (Lipinski definition) is 1. The van der Waals surface area contributed by atoms with Gasteiger partial charge in [0.05, 0.1) is 16.8 Å². The molecule has 1 saturated heterocycles. The van der Waals surface area contributed by atoms with Crippen molar-refractivity contribution in [1.29, 1.82) is 0 Å². The zero-order chi connectivity index (χ0) is 12.6. The highest BCUT2D eigenvalue weighted by molar-refractivity contribution is 6.01. The second kappa shape index (κ2) is 3.76. The van der Waals surface area contributed by atoms with Crippen LogP contribution in [0.25, 0.3) is 0 Å². The van der Waals surface area contributed by atoms with E-state index in [1.54, 1.807) is 18.2 Å². The molecule has 1 aromatic rings. The molecule has 0 unspecified atom stereocenters. The first-order valence-corrected chi connectivity index (χ1v) is 5.23. The zero-order valence-electron chi connectivity index (χ0n) is 9.64. The molecular weight excluding hydrogens is 222 g/mol. The molecule has 1 aromatic carbocycles. The Labute approximate surface area is 98.6 Å². The summed E-state index contributed by atoms with van der Waals surface area (Å²) in [5.74, 6) is -1.06. The van der Waals surface area contributed by atoms with Crippen LogP contribution in [-0.2, 0) is 4.74 Å². The molecule has 0 aromatic heterocycles. The molecule has 0 radical (unpaired) electrons. The van der Waals surface area contributed by atoms with Gasteiger partial charge in [-0.3, -0.25) is 4.90 Å². The Balaban J connectivity index is 2.53. The van der Waals surface area contributed by atoms with E-state index in [1.807, 2.05) is 13.8 Å². The molecule has 1 amide bonds. The van der Waals surface area contributed by atoms with Crippen molar-refractivity contribution in [3.05, 3.63) is 29.8 Å². The predicted molar refractivity (Wildman–Crippen MR) is 61.3 cm³/mol. The van der Waals surface area contributed by atoms with Gasteiger partial charge < -0.3 is 9.84 Å². The van der Waals surface area contributed by atoms with Crippen molar-refractivity contribution in [3.8, 4) is 0 Å². The molecule has 0 atom stereocenters. The fraction of sp³-hybridized carbons (Fsp3) is 0.333. The third kappa shape index (κ3) is 1.84. The van der Waals surface area contributed by atoms with Crippen molar-refractivity contribution in [2.45, 2.75) is 19.4 Å². The van der Waals surface area contributed by atoms with E-state index in [0.29, 0.717) is 5.69 Å². The normalized spacial score (nSPS) is 18.0. The summed E-state index contributed by atoms with van der Waals surface area (Å²) in [5.41, 5.74) is -0.0743. The van der Waals surface area contributed by atoms with E-state index in [2.05, 4.69) is 0 Å². The van der Waals surface area contributed by atoms with Crippen LogP contribution < -0.4 is 4.90 Å². The third-order valence-electron chi connectivity index (χ3n) is 2.71. The lowest BCUT2D eigenvalue weighted by Gasteiger charge is -2.28. The van der Waals surface area contributed by atoms with Crippen LogP contribution in [0, 0.1) is 0 Å². The fourth-order valence-electron chi connectivity index (χ4n) is 1.89. The van der Waals surface area contributed by atoms with Gasteiger partial charge in [0, 0.05) is 0 Å². The van der Waals surface area contributed by atoms with Crippen molar-refractivity contribution in [2.75, 3.05) is 11.5 Å². The SMILES string of the molecule is CC1(C)COC(=O)N1c1ccccc1C(=O)O. The highest BCUT2D eigenvalue weighted by atomic mass is 16.6. The minimum atomic E-state index is -1.06. The first-order chi connectivity index (χ1) is 7.93. The second-order valence-electron chi connectivity index (χ2n) is 4.52. The average Bonchev–Trinajstić information content (AvgIpc) is 2.53. The number of para-hydroxylation sites is 1. The number of aromatic carboxylic acids is 1. The van der Waals surface area contributed by atoms with Crippen LogP contribution >= 0.6 is 0 Å². The molecule has 5 nitrogen and oxygen atoms in total. The van der Waals surface area contributed by atoms with Crippen molar-refractivity contribution in [3.63, 3.8) is 0 Å². The maximum Gasteiger partial charge on any atom is 0.415 e. The average molecular weight is 235 g/mol. The number of benzene rings is 1. The lowest BCUT2D eigenvalue weighted by Crippen LogP contribution is -2.42. The zero-order valence-corrected chi connectivity index (χ0v) is 9.64. The number of ether oxygens (including phenoxy) is 1. The van der Waals surface area contributed by atoms with Crippen LogP contribution in [0.1, 0.15) is 24.2 Å². The molecule has 1 fully saturated rings. The number of carbonyl (C=O) groups excluding carboxylic acids is 1. The topological polar surface area (TPSA) is 66.8 Å². The number of amides is 1. The van der Waals surface area contributed by atoms with Gasteiger partial charge in [-0.2, -0.15) is 0 Å². The van der Waals surface area contributed by atoms with Gasteiger partial charge in [-0.05, 0) is 26.0 Å². The maximum atomic E-state index is 11.7. The molecule has 0 spiro atoms. The summed E-state index contributed by atoms with van der Waals surface area (Å²) in [6, 6.07) is 6.40. The number of nitrogens with zero attached hydrogens (tertiary/aromatic N) is 1. The second-order valence-corrected chi connectivity index (χ2v) is 4.52. The van der Waals surface area contributed by atoms with Gasteiger partial charge in [0.25, 0.3) is 0 Å². The van der Waals surface area contributed by atoms with Gasteiger partial charge in [-0.15, -0.1) is 0 Å². The van der Waals surface area contributed by atoms with E-state index in [4.69, 9.17) is 9.84 Å². The third-order valence-corrected chi connectivity index (χ3v) is 2.71. The highest BCUT2D eigenvalue weighted by Crippen LogP contribution is 2.32. The minimum Gasteiger partial charge on any atom is -0.478 e. The smallest absolute Gasteiger partial charge is 0.415 e. The number of carboxylic acids is 1. The van der Waals surface area contributed by atoms with Crippen molar-refractivity contribution < 1.29 is 19.4 Å². The molecule has 2 rings (SSSR count). The monoisotopic (exact) mass is 235 g/mol. The first kappa shape index (κ1) is 11.4. The maximum absolute atomic E-state index is 11.7. The number of anilines is 1. The van der Waals surface area contributed by atoms with Crippen LogP contribution in [0.2, 0.25) is 0 Å². The molecule has 0 aliphatic carbocycles. The summed E-state index contributed by atoms with van der Waals surface area (Å²) in [4.78, 5) is 24.2. The largest absolute Gasteiger partial charge is 0.478 e. The summed E-state index contributed by atoms with van der Waals surface area (Å²) < 4.78 is 4.96. The lowest BCUT2D eigenvalue weighted by atomic mass is 10.0. The highest BCUT2D eigenvalue weighted by Gasteiger charge is 2.42. The standard InChI is InChI=1S/C12H13NO4/c1-12(2)7-17-11(16)13(12)9-6-4-3-5-8(9)10(14)15/h3-6H,7H2,1-2H3,(H,14,15). The van der Waals surface area contributed by atoms with Gasteiger partial charge in [-0.1, -0.05) is 12.1 Å². The van der Waals surface area contributed by atoms with Crippen LogP contribution in [0.15, 0.2) is 24.3 Å². The Hall–Kier alpha value is -2.04. The molecule has 0 bridgehead atoms. The van der Waals surface area contributed by atoms with Gasteiger partial charge in [-0.25, -0.2) is 9.59 Å². The lowest BCUT2D eigenvalue weighted by molar-refractivity contribution is 0.0697. The molecule has 1 aliphatic rings. The predicted octanol–water partition coefficient (Wildman–Crippen LogP) is 2.12. The molecule has 1 aliphatic heterocycles. The Morgan fingerprint density at radius 1 is 1.41 bits per heavy atom. The summed E-state index contributed by atoms with van der Waals surface area (Å²) in [7, 11) is 0. The Bertz CT molecular complexity index is 481. The first-order valence-electron chi connectivity index (χ1n) is 5.23. The van der Waals surface area contributed by atoms with Crippen LogP contribution in [0.5, 0.6) is 0 Å². The summed E-state index contributed by atoms with van der Waals surface area (Å²) in [5, 5.41) is 9.10. The van der Waals surface area contributed by atoms with Crippen LogP contribution in [-0.4, -0.2) is 29.3 Å². The molecule has 1 heterocycles. The summed E-state index contributed by atoms with van der Waals surface area (Å²) in [6.45, 7) is 3.91. The van der Waals surface area contributed by atoms with E-state index in [-0.39, 0.29) is 12.2 Å². The van der Waals surface area contributed by atoms with Crippen LogP contribution in [0.4, 0.5) is 10.5 Å². The fourth-order valence-corrected chi connectivity index (χ4v) is 1.89. The number of carboxylic acid groups (broad SMARTS) is 1. The molecule has 17 heavy (non-hydrogen) atoms. The van der Waals surface area contributed by atoms with Gasteiger partial charge in [0.1, 0.15) is 6.61 Å². The Morgan fingerprint density at radius 2 is 2.06 bits per heavy atom. The summed E-state index contributed by atoms with van der Waals surface area (Å²) in [6.07, 6.45) is -0.510. The molecular formula is C12H13NO4. The Morgan fingerprint density at radius 3 is 2.59 bits per heavy atom. The molecule has 1 N–H and O–H groups in total. The molecule has 5 heteroatoms. The van der Waals surface area contributed by atoms with Crippen LogP contribution in [0.3, 0.4) is 0 Å². The number of cyclic esters (lactones) is 1. The van der Waals surface area contributed by atoms with Gasteiger partial charge in [0.15, 0.2) is 0 Å². The number of rotatable bonds is 2. The van der Waals surface area contributed by atoms with Crippen molar-refractivity contribution in [2.24, 2.45) is 0 Å². The van der Waals surface area contributed by atoms with E-state index in [0.717, 1.165) is 0 Å². The molecule has 0 saturated carbocycles. The number of hydrogen-bond acceptors (Lipinski definition) is 3. The molecule has 90 valence electrons. The summed E-state index contributed by atoms with van der Waals surface area (Å²) >= 11 is 0. The quantitative estimate of drug-likeness (QED) is 0.852. The van der Waals surface area contributed by atoms with Crippen molar-refractivity contribution >= 4 is 17.7 Å². The van der Waals surface area contributed by atoms with E-state index >= 15 is 0 Å².